The average Bonchev–Trinajstić information content (AvgIpc) is 2.74. The van der Waals surface area contributed by atoms with E-state index in [1.165, 1.54) is 0 Å². The summed E-state index contributed by atoms with van der Waals surface area (Å²) in [5.74, 6) is 0.0209. The van der Waals surface area contributed by atoms with Gasteiger partial charge in [0.1, 0.15) is 5.78 Å². The lowest BCUT2D eigenvalue weighted by atomic mass is 9.99. The molecule has 0 saturated carbocycles. The molecule has 1 aromatic heterocycles. The van der Waals surface area contributed by atoms with Crippen LogP contribution in [-0.2, 0) is 21.1 Å². The van der Waals surface area contributed by atoms with Crippen LogP contribution in [0.25, 0.3) is 0 Å². The third-order valence-electron chi connectivity index (χ3n) is 2.65. The van der Waals surface area contributed by atoms with Gasteiger partial charge in [0.2, 0.25) is 0 Å². The Balaban J connectivity index is 1.99. The number of rotatable bonds is 3. The Hall–Kier alpha value is -0.680. The Morgan fingerprint density at radius 1 is 1.53 bits per heavy atom. The molecule has 5 heteroatoms. The second kappa shape index (κ2) is 4.06. The van der Waals surface area contributed by atoms with E-state index in [2.05, 4.69) is 0 Å². The van der Waals surface area contributed by atoms with Crippen molar-refractivity contribution in [1.29, 1.82) is 0 Å². The minimum atomic E-state index is -2.94. The van der Waals surface area contributed by atoms with Gasteiger partial charge >= 0.3 is 0 Å². The summed E-state index contributed by atoms with van der Waals surface area (Å²) in [7, 11) is -2.94. The molecule has 1 atom stereocenters. The van der Waals surface area contributed by atoms with Crippen LogP contribution in [0.4, 0.5) is 0 Å². The van der Waals surface area contributed by atoms with Gasteiger partial charge in [-0.1, -0.05) is 0 Å². The zero-order chi connectivity index (χ0) is 10.9. The van der Waals surface area contributed by atoms with Crippen molar-refractivity contribution in [1.82, 2.24) is 0 Å². The van der Waals surface area contributed by atoms with E-state index in [9.17, 15) is 13.2 Å². The van der Waals surface area contributed by atoms with Gasteiger partial charge in [-0.2, -0.15) is 11.3 Å². The van der Waals surface area contributed by atoms with Crippen LogP contribution in [0.2, 0.25) is 0 Å². The van der Waals surface area contributed by atoms with Crippen molar-refractivity contribution in [2.24, 2.45) is 5.92 Å². The van der Waals surface area contributed by atoms with E-state index in [0.29, 0.717) is 12.8 Å². The van der Waals surface area contributed by atoms with Gasteiger partial charge in [0.25, 0.3) is 0 Å². The predicted molar refractivity (Wildman–Crippen MR) is 59.8 cm³/mol. The van der Waals surface area contributed by atoms with E-state index in [1.807, 2.05) is 16.8 Å². The van der Waals surface area contributed by atoms with Crippen molar-refractivity contribution in [2.75, 3.05) is 11.5 Å². The smallest absolute Gasteiger partial charge is 0.151 e. The standard InChI is InChI=1S/C10H12O3S2/c11-10(5-8-1-3-14-6-8)9-2-4-15(12,13)7-9/h1,3,6,9H,2,4-5,7H2. The van der Waals surface area contributed by atoms with Crippen LogP contribution in [0.3, 0.4) is 0 Å². The van der Waals surface area contributed by atoms with Crippen LogP contribution in [0.1, 0.15) is 12.0 Å². The van der Waals surface area contributed by atoms with E-state index in [0.717, 1.165) is 5.56 Å². The maximum absolute atomic E-state index is 11.7. The average molecular weight is 244 g/mol. The summed E-state index contributed by atoms with van der Waals surface area (Å²) in [6.45, 7) is 0. The minimum absolute atomic E-state index is 0.0516. The molecular weight excluding hydrogens is 232 g/mol. The van der Waals surface area contributed by atoms with Crippen LogP contribution in [0.5, 0.6) is 0 Å². The molecule has 0 bridgehead atoms. The summed E-state index contributed by atoms with van der Waals surface area (Å²) < 4.78 is 22.4. The van der Waals surface area contributed by atoms with Crippen molar-refractivity contribution in [3.05, 3.63) is 22.4 Å². The van der Waals surface area contributed by atoms with E-state index < -0.39 is 9.84 Å². The predicted octanol–water partition coefficient (Wildman–Crippen LogP) is 1.29. The van der Waals surface area contributed by atoms with Gasteiger partial charge in [0.05, 0.1) is 11.5 Å². The Kier molecular flexibility index (Phi) is 2.93. The fourth-order valence-electron chi connectivity index (χ4n) is 1.79. The molecule has 0 N–H and O–H groups in total. The number of Topliss-reactive ketones (excluding diaryl/α,β-unsaturated/α-hetero) is 1. The Bertz CT molecular complexity index is 445. The Morgan fingerprint density at radius 2 is 2.33 bits per heavy atom. The number of sulfone groups is 1. The van der Waals surface area contributed by atoms with Gasteiger partial charge in [0.15, 0.2) is 9.84 Å². The minimum Gasteiger partial charge on any atom is -0.299 e. The zero-order valence-electron chi connectivity index (χ0n) is 8.18. The molecule has 82 valence electrons. The monoisotopic (exact) mass is 244 g/mol. The molecule has 1 unspecified atom stereocenters. The normalized spacial score (nSPS) is 24.1. The summed E-state index contributed by atoms with van der Waals surface area (Å²) in [4.78, 5) is 11.7. The molecule has 15 heavy (non-hydrogen) atoms. The van der Waals surface area contributed by atoms with Crippen molar-refractivity contribution in [2.45, 2.75) is 12.8 Å². The highest BCUT2D eigenvalue weighted by Gasteiger charge is 2.32. The molecule has 3 nitrogen and oxygen atoms in total. The van der Waals surface area contributed by atoms with Crippen LogP contribution < -0.4 is 0 Å². The highest BCUT2D eigenvalue weighted by molar-refractivity contribution is 7.91. The lowest BCUT2D eigenvalue weighted by Crippen LogP contribution is -2.17. The van der Waals surface area contributed by atoms with Gasteiger partial charge < -0.3 is 0 Å². The van der Waals surface area contributed by atoms with E-state index in [1.54, 1.807) is 11.3 Å². The molecule has 1 saturated heterocycles. The Labute approximate surface area is 93.0 Å². The van der Waals surface area contributed by atoms with Crippen molar-refractivity contribution < 1.29 is 13.2 Å². The molecule has 0 radical (unpaired) electrons. The number of carbonyl (C=O) groups is 1. The second-order valence-corrected chi connectivity index (χ2v) is 6.88. The van der Waals surface area contributed by atoms with Crippen LogP contribution in [0, 0.1) is 5.92 Å². The third kappa shape index (κ3) is 2.66. The molecule has 0 amide bonds. The maximum Gasteiger partial charge on any atom is 0.151 e. The van der Waals surface area contributed by atoms with Crippen molar-refractivity contribution in [3.63, 3.8) is 0 Å². The number of thiophene rings is 1. The van der Waals surface area contributed by atoms with Crippen LogP contribution >= 0.6 is 11.3 Å². The van der Waals surface area contributed by atoms with Gasteiger partial charge in [-0.25, -0.2) is 8.42 Å². The fourth-order valence-corrected chi connectivity index (χ4v) is 4.23. The van der Waals surface area contributed by atoms with Gasteiger partial charge in [-0.3, -0.25) is 4.79 Å². The zero-order valence-corrected chi connectivity index (χ0v) is 9.81. The fraction of sp³-hybridized carbons (Fsp3) is 0.500. The van der Waals surface area contributed by atoms with E-state index >= 15 is 0 Å². The lowest BCUT2D eigenvalue weighted by Gasteiger charge is -2.04. The van der Waals surface area contributed by atoms with Crippen molar-refractivity contribution in [3.8, 4) is 0 Å². The second-order valence-electron chi connectivity index (χ2n) is 3.87. The SMILES string of the molecule is O=C(Cc1ccsc1)C1CCS(=O)(=O)C1. The lowest BCUT2D eigenvalue weighted by molar-refractivity contribution is -0.121. The first kappa shape index (κ1) is 10.8. The van der Waals surface area contributed by atoms with E-state index in [-0.39, 0.29) is 23.2 Å². The first-order valence-corrected chi connectivity index (χ1v) is 7.57. The van der Waals surface area contributed by atoms with Crippen LogP contribution in [-0.4, -0.2) is 25.7 Å². The molecule has 0 aromatic carbocycles. The number of carbonyl (C=O) groups excluding carboxylic acids is 1. The molecule has 0 aliphatic carbocycles. The summed E-state index contributed by atoms with van der Waals surface area (Å²) >= 11 is 1.55. The first-order chi connectivity index (χ1) is 7.07. The van der Waals surface area contributed by atoms with Crippen LogP contribution in [0.15, 0.2) is 16.8 Å². The largest absolute Gasteiger partial charge is 0.299 e. The number of ketones is 1. The maximum atomic E-state index is 11.7. The molecule has 2 heterocycles. The molecule has 1 aliphatic heterocycles. The molecule has 0 spiro atoms. The molecule has 2 rings (SSSR count). The third-order valence-corrected chi connectivity index (χ3v) is 5.15. The first-order valence-electron chi connectivity index (χ1n) is 4.81. The molecule has 1 aliphatic rings. The summed E-state index contributed by atoms with van der Waals surface area (Å²) in [6.07, 6.45) is 0.884. The molecular formula is C10H12O3S2. The molecule has 1 fully saturated rings. The summed E-state index contributed by atoms with van der Waals surface area (Å²) in [5, 5.41) is 3.86. The van der Waals surface area contributed by atoms with E-state index in [4.69, 9.17) is 0 Å². The highest BCUT2D eigenvalue weighted by atomic mass is 32.2. The van der Waals surface area contributed by atoms with Gasteiger partial charge in [-0.15, -0.1) is 0 Å². The number of hydrogen-bond acceptors (Lipinski definition) is 4. The van der Waals surface area contributed by atoms with Gasteiger partial charge in [0, 0.05) is 12.3 Å². The topological polar surface area (TPSA) is 51.2 Å². The highest BCUT2D eigenvalue weighted by Crippen LogP contribution is 2.21. The quantitative estimate of drug-likeness (QED) is 0.805. The van der Waals surface area contributed by atoms with Crippen molar-refractivity contribution >= 4 is 27.0 Å². The summed E-state index contributed by atoms with van der Waals surface area (Å²) in [5.41, 5.74) is 0.995. The Morgan fingerprint density at radius 3 is 2.87 bits per heavy atom. The number of hydrogen-bond donors (Lipinski definition) is 0. The van der Waals surface area contributed by atoms with Gasteiger partial charge in [-0.05, 0) is 28.8 Å². The molecule has 1 aromatic rings. The summed E-state index contributed by atoms with van der Waals surface area (Å²) in [6, 6.07) is 1.91.